The lowest BCUT2D eigenvalue weighted by Gasteiger charge is -2.12. The minimum absolute atomic E-state index is 0.0360. The van der Waals surface area contributed by atoms with Gasteiger partial charge in [0.25, 0.3) is 5.91 Å². The second-order valence-corrected chi connectivity index (χ2v) is 5.49. The first-order valence-electron chi connectivity index (χ1n) is 6.01. The molecular formula is C15H14BrFN2O. The fraction of sp³-hybridized carbons (Fsp3) is 0.133. The van der Waals surface area contributed by atoms with Crippen molar-refractivity contribution in [3.8, 4) is 0 Å². The van der Waals surface area contributed by atoms with Crippen molar-refractivity contribution in [1.82, 2.24) is 0 Å². The number of carbonyl (C=O) groups excluding carboxylic acids is 1. The number of nitrogens with two attached hydrogens (primary N) is 1. The van der Waals surface area contributed by atoms with Crippen molar-refractivity contribution in [2.45, 2.75) is 13.8 Å². The van der Waals surface area contributed by atoms with Gasteiger partial charge in [0.15, 0.2) is 0 Å². The molecule has 0 aliphatic carbocycles. The predicted molar refractivity (Wildman–Crippen MR) is 82.4 cm³/mol. The normalized spacial score (nSPS) is 10.4. The summed E-state index contributed by atoms with van der Waals surface area (Å²) in [5.41, 5.74) is 8.33. The van der Waals surface area contributed by atoms with Gasteiger partial charge in [-0.2, -0.15) is 0 Å². The van der Waals surface area contributed by atoms with Gasteiger partial charge >= 0.3 is 0 Å². The average molecular weight is 337 g/mol. The van der Waals surface area contributed by atoms with E-state index >= 15 is 0 Å². The van der Waals surface area contributed by atoms with Gasteiger partial charge in [0, 0.05) is 10.2 Å². The lowest BCUT2D eigenvalue weighted by Crippen LogP contribution is -2.15. The molecule has 104 valence electrons. The van der Waals surface area contributed by atoms with E-state index in [2.05, 4.69) is 21.2 Å². The molecule has 0 aliphatic rings. The average Bonchev–Trinajstić information content (AvgIpc) is 2.33. The molecule has 1 amide bonds. The standard InChI is InChI=1S/C15H14BrFN2O/c1-8-5-9(2)14(12(16)6-8)19-15(20)11-4-3-10(18)7-13(11)17/h3-7H,18H2,1-2H3,(H,19,20). The molecule has 0 saturated carbocycles. The monoisotopic (exact) mass is 336 g/mol. The third kappa shape index (κ3) is 2.99. The summed E-state index contributed by atoms with van der Waals surface area (Å²) in [7, 11) is 0. The number of aryl methyl sites for hydroxylation is 2. The Morgan fingerprint density at radius 3 is 2.55 bits per heavy atom. The topological polar surface area (TPSA) is 55.1 Å². The molecule has 0 atom stereocenters. The number of hydrogen-bond donors (Lipinski definition) is 2. The van der Waals surface area contributed by atoms with Gasteiger partial charge in [0.05, 0.1) is 11.3 Å². The number of benzene rings is 2. The first kappa shape index (κ1) is 14.5. The Balaban J connectivity index is 2.33. The maximum absolute atomic E-state index is 13.7. The van der Waals surface area contributed by atoms with Crippen LogP contribution in [0.2, 0.25) is 0 Å². The highest BCUT2D eigenvalue weighted by Crippen LogP contribution is 2.28. The van der Waals surface area contributed by atoms with Crippen LogP contribution in [0.3, 0.4) is 0 Å². The van der Waals surface area contributed by atoms with Gasteiger partial charge in [-0.05, 0) is 65.2 Å². The van der Waals surface area contributed by atoms with Gasteiger partial charge in [-0.1, -0.05) is 6.07 Å². The Hall–Kier alpha value is -1.88. The zero-order chi connectivity index (χ0) is 14.9. The SMILES string of the molecule is Cc1cc(C)c(NC(=O)c2ccc(N)cc2F)c(Br)c1. The van der Waals surface area contributed by atoms with Gasteiger partial charge < -0.3 is 11.1 Å². The number of amides is 1. The Kier molecular flexibility index (Phi) is 4.09. The van der Waals surface area contributed by atoms with E-state index in [1.54, 1.807) is 0 Å². The van der Waals surface area contributed by atoms with Crippen LogP contribution in [-0.2, 0) is 0 Å². The van der Waals surface area contributed by atoms with Crippen LogP contribution in [0.4, 0.5) is 15.8 Å². The van der Waals surface area contributed by atoms with Crippen LogP contribution < -0.4 is 11.1 Å². The van der Waals surface area contributed by atoms with Gasteiger partial charge in [0.1, 0.15) is 5.82 Å². The van der Waals surface area contributed by atoms with Crippen LogP contribution in [0.15, 0.2) is 34.8 Å². The molecule has 0 saturated heterocycles. The molecule has 0 bridgehead atoms. The number of halogens is 2. The van der Waals surface area contributed by atoms with Crippen molar-refractivity contribution in [2.24, 2.45) is 0 Å². The van der Waals surface area contributed by atoms with Gasteiger partial charge in [0.2, 0.25) is 0 Å². The third-order valence-electron chi connectivity index (χ3n) is 2.91. The zero-order valence-corrected chi connectivity index (χ0v) is 12.7. The maximum Gasteiger partial charge on any atom is 0.258 e. The number of rotatable bonds is 2. The molecular weight excluding hydrogens is 323 g/mol. The quantitative estimate of drug-likeness (QED) is 0.813. The van der Waals surface area contributed by atoms with Crippen molar-refractivity contribution < 1.29 is 9.18 Å². The maximum atomic E-state index is 13.7. The summed E-state index contributed by atoms with van der Waals surface area (Å²) in [6, 6.07) is 7.83. The predicted octanol–water partition coefficient (Wildman–Crippen LogP) is 4.04. The lowest BCUT2D eigenvalue weighted by atomic mass is 10.1. The van der Waals surface area contributed by atoms with Gasteiger partial charge in [-0.25, -0.2) is 4.39 Å². The van der Waals surface area contributed by atoms with Gasteiger partial charge in [-0.15, -0.1) is 0 Å². The Morgan fingerprint density at radius 2 is 1.95 bits per heavy atom. The molecule has 2 rings (SSSR count). The molecule has 2 aromatic rings. The van der Waals surface area contributed by atoms with E-state index in [-0.39, 0.29) is 11.3 Å². The zero-order valence-electron chi connectivity index (χ0n) is 11.1. The van der Waals surface area contributed by atoms with E-state index < -0.39 is 11.7 Å². The first-order chi connectivity index (χ1) is 9.38. The van der Waals surface area contributed by atoms with E-state index in [0.29, 0.717) is 5.69 Å². The Morgan fingerprint density at radius 1 is 1.25 bits per heavy atom. The van der Waals surface area contributed by atoms with E-state index in [4.69, 9.17) is 5.73 Å². The summed E-state index contributed by atoms with van der Waals surface area (Å²) in [6.45, 7) is 3.84. The largest absolute Gasteiger partial charge is 0.399 e. The Bertz CT molecular complexity index is 663. The van der Waals surface area contributed by atoms with E-state index in [9.17, 15) is 9.18 Å². The fourth-order valence-corrected chi connectivity index (χ4v) is 2.74. The summed E-state index contributed by atoms with van der Waals surface area (Å²) in [5, 5.41) is 2.72. The summed E-state index contributed by atoms with van der Waals surface area (Å²) >= 11 is 3.40. The van der Waals surface area contributed by atoms with Crippen LogP contribution in [0.25, 0.3) is 0 Å². The minimum Gasteiger partial charge on any atom is -0.399 e. The van der Waals surface area contributed by atoms with Crippen molar-refractivity contribution in [3.05, 3.63) is 57.3 Å². The van der Waals surface area contributed by atoms with Crippen molar-refractivity contribution in [1.29, 1.82) is 0 Å². The summed E-state index contributed by atoms with van der Waals surface area (Å²) in [6.07, 6.45) is 0. The molecule has 5 heteroatoms. The van der Waals surface area contributed by atoms with E-state index in [1.165, 1.54) is 12.1 Å². The number of anilines is 2. The number of carbonyl (C=O) groups is 1. The molecule has 2 aromatic carbocycles. The molecule has 20 heavy (non-hydrogen) atoms. The number of nitrogen functional groups attached to an aromatic ring is 1. The van der Waals surface area contributed by atoms with Crippen molar-refractivity contribution >= 4 is 33.2 Å². The summed E-state index contributed by atoms with van der Waals surface area (Å²) in [5.74, 6) is -1.14. The molecule has 3 nitrogen and oxygen atoms in total. The molecule has 3 N–H and O–H groups in total. The molecule has 0 unspecified atom stereocenters. The van der Waals surface area contributed by atoms with Crippen LogP contribution in [0.1, 0.15) is 21.5 Å². The second-order valence-electron chi connectivity index (χ2n) is 4.63. The molecule has 0 spiro atoms. The lowest BCUT2D eigenvalue weighted by molar-refractivity contribution is 0.102. The van der Waals surface area contributed by atoms with Crippen LogP contribution >= 0.6 is 15.9 Å². The third-order valence-corrected chi connectivity index (χ3v) is 3.53. The summed E-state index contributed by atoms with van der Waals surface area (Å²) < 4.78 is 14.5. The van der Waals surface area contributed by atoms with Crippen LogP contribution in [0.5, 0.6) is 0 Å². The van der Waals surface area contributed by atoms with E-state index in [1.807, 2.05) is 26.0 Å². The summed E-state index contributed by atoms with van der Waals surface area (Å²) in [4.78, 5) is 12.1. The van der Waals surface area contributed by atoms with Gasteiger partial charge in [-0.3, -0.25) is 4.79 Å². The molecule has 0 fully saturated rings. The van der Waals surface area contributed by atoms with Crippen LogP contribution in [-0.4, -0.2) is 5.91 Å². The second kappa shape index (κ2) is 5.63. The van der Waals surface area contributed by atoms with E-state index in [0.717, 1.165) is 21.7 Å². The van der Waals surface area contributed by atoms with Crippen molar-refractivity contribution in [2.75, 3.05) is 11.1 Å². The highest BCUT2D eigenvalue weighted by Gasteiger charge is 2.14. The van der Waals surface area contributed by atoms with Crippen LogP contribution in [0, 0.1) is 19.7 Å². The molecule has 0 aliphatic heterocycles. The Labute approximate surface area is 125 Å². The fourth-order valence-electron chi connectivity index (χ4n) is 1.97. The van der Waals surface area contributed by atoms with Crippen molar-refractivity contribution in [3.63, 3.8) is 0 Å². The highest BCUT2D eigenvalue weighted by molar-refractivity contribution is 9.10. The molecule has 0 aromatic heterocycles. The number of hydrogen-bond acceptors (Lipinski definition) is 2. The number of nitrogens with one attached hydrogen (secondary N) is 1. The molecule has 0 heterocycles. The highest BCUT2D eigenvalue weighted by atomic mass is 79.9. The first-order valence-corrected chi connectivity index (χ1v) is 6.81. The molecule has 0 radical (unpaired) electrons. The smallest absolute Gasteiger partial charge is 0.258 e. The minimum atomic E-state index is -0.636.